The van der Waals surface area contributed by atoms with Crippen molar-refractivity contribution >= 4 is 0 Å². The van der Waals surface area contributed by atoms with Crippen molar-refractivity contribution in [2.75, 3.05) is 0 Å². The smallest absolute Gasteiger partial charge is 2.00 e. The van der Waals surface area contributed by atoms with Crippen LogP contribution in [0.2, 0.25) is 0 Å². The van der Waals surface area contributed by atoms with Crippen LogP contribution in [-0.4, -0.2) is 0 Å². The Kier molecular flexibility index (Phi) is 4.84. The molecule has 6 heteroatoms. The molecule has 6 heavy (non-hydrogen) atoms. The molecule has 0 aliphatic carbocycles. The van der Waals surface area contributed by atoms with E-state index in [1.807, 2.05) is 0 Å². The van der Waals surface area contributed by atoms with Gasteiger partial charge in [-0.2, -0.15) is 0 Å². The van der Waals surface area contributed by atoms with E-state index in [4.69, 9.17) is 14.3 Å². The zero-order valence-corrected chi connectivity index (χ0v) is 7.72. The fourth-order valence-corrected chi connectivity index (χ4v) is 0. The number of hydrogen-bond donors (Lipinski definition) is 0. The Hall–Kier alpha value is 0.832. The molecule has 0 saturated heterocycles. The zero-order valence-electron chi connectivity index (χ0n) is 2.75. The summed E-state index contributed by atoms with van der Waals surface area (Å²) in [5.41, 5.74) is 0. The average molecular weight is 225 g/mol. The predicted molar refractivity (Wildman–Crippen MR) is 1.37 cm³/mol. The first-order valence-electron chi connectivity index (χ1n) is 0.667. The van der Waals surface area contributed by atoms with Crippen molar-refractivity contribution < 1.29 is 50.5 Å². The van der Waals surface area contributed by atoms with Crippen LogP contribution in [0, 0.1) is 0 Å². The van der Waals surface area contributed by atoms with Gasteiger partial charge in [-0.25, -0.2) is 0 Å². The minimum atomic E-state index is -6.02. The Labute approximate surface area is 50.7 Å². The first-order chi connectivity index (χ1) is 2.00. The van der Waals surface area contributed by atoms with E-state index in [9.17, 15) is 0 Å². The van der Waals surface area contributed by atoms with Gasteiger partial charge in [-0.1, -0.05) is 0 Å². The molecule has 0 aliphatic rings. The predicted octanol–water partition coefficient (Wildman–Crippen LogP) is -2.62. The van der Waals surface area contributed by atoms with Crippen LogP contribution in [0.25, 0.3) is 0 Å². The van der Waals surface area contributed by atoms with Crippen LogP contribution in [0.4, 0.5) is 0 Å². The second-order valence-corrected chi connectivity index (χ2v) is 2.42. The average Bonchev–Trinajstić information content (AvgIpc) is 0.722. The molecule has 0 rings (SSSR count). The van der Waals surface area contributed by atoms with E-state index in [1.165, 1.54) is 0 Å². The summed E-state index contributed by atoms with van der Waals surface area (Å²) in [7, 11) is 0. The topological polar surface area (TPSA) is 80.3 Å². The Morgan fingerprint density at radius 2 is 1.17 bits per heavy atom. The number of hydrogen-bond acceptors (Lipinski definition) is 4. The van der Waals surface area contributed by atoms with E-state index in [1.54, 1.807) is 0 Å². The molecule has 32 valence electrons. The zero-order chi connectivity index (χ0) is 4.50. The van der Waals surface area contributed by atoms with E-state index < -0.39 is 16.7 Å². The summed E-state index contributed by atoms with van der Waals surface area (Å²) in [5.74, 6) is 0. The van der Waals surface area contributed by atoms with E-state index in [0.29, 0.717) is 0 Å². The molecule has 0 unspecified atom stereocenters. The summed E-state index contributed by atoms with van der Waals surface area (Å²) in [6.45, 7) is 0. The van der Waals surface area contributed by atoms with E-state index in [2.05, 4.69) is 0 Å². The van der Waals surface area contributed by atoms with Gasteiger partial charge in [-0.05, 0) is 0 Å². The quantitative estimate of drug-likeness (QED) is 0.423. The minimum absolute atomic E-state index is 0. The minimum Gasteiger partial charge on any atom is 2.00 e. The van der Waals surface area contributed by atoms with Crippen molar-refractivity contribution in [1.29, 1.82) is 0 Å². The van der Waals surface area contributed by atoms with Crippen molar-refractivity contribution in [2.24, 2.45) is 0 Å². The molecular weight excluding hydrogens is 225 g/mol. The largest absolute Gasteiger partial charge is 2.00 e. The number of rotatable bonds is 0. The van der Waals surface area contributed by atoms with Crippen LogP contribution >= 0.6 is 0 Å². The molecule has 0 fully saturated rings. The second kappa shape index (κ2) is 2.92. The Balaban J connectivity index is 0. The molecule has 0 spiro atoms. The molecule has 0 aliphatic heterocycles. The fraction of sp³-hybridized carbons (Fsp3) is 0. The molecule has 0 atom stereocenters. The Morgan fingerprint density at radius 1 is 1.17 bits per heavy atom. The van der Waals surface area contributed by atoms with E-state index in [0.717, 1.165) is 0 Å². The third kappa shape index (κ3) is 103. The van der Waals surface area contributed by atoms with Gasteiger partial charge in [0, 0.05) is 0 Å². The standard InChI is InChI=1S/Mo.4O.Zn/q;;;2*-1;+2. The first-order valence-corrected chi connectivity index (χ1v) is 3.94. The van der Waals surface area contributed by atoms with Gasteiger partial charge in [-0.15, -0.1) is 0 Å². The van der Waals surface area contributed by atoms with Crippen LogP contribution in [0.3, 0.4) is 0 Å². The monoisotopic (exact) mass is 226 g/mol. The van der Waals surface area contributed by atoms with Gasteiger partial charge >= 0.3 is 50.5 Å². The molecule has 0 saturated carbocycles. The van der Waals surface area contributed by atoms with Gasteiger partial charge in [0.1, 0.15) is 0 Å². The molecule has 0 amide bonds. The van der Waals surface area contributed by atoms with Crippen LogP contribution in [0.15, 0.2) is 0 Å². The van der Waals surface area contributed by atoms with E-state index in [-0.39, 0.29) is 19.5 Å². The molecule has 0 heterocycles. The molecule has 4 nitrogen and oxygen atoms in total. The first kappa shape index (κ1) is 9.95. The molecule has 0 N–H and O–H groups in total. The second-order valence-electron chi connectivity index (χ2n) is 0.408. The molecule has 0 radical (unpaired) electrons. The Morgan fingerprint density at radius 3 is 1.17 bits per heavy atom. The summed E-state index contributed by atoms with van der Waals surface area (Å²) in [6.07, 6.45) is 0. The molecule has 0 bridgehead atoms. The van der Waals surface area contributed by atoms with Gasteiger partial charge in [0.2, 0.25) is 0 Å². The third-order valence-electron chi connectivity index (χ3n) is 0. The van der Waals surface area contributed by atoms with Crippen LogP contribution < -0.4 is 7.52 Å². The van der Waals surface area contributed by atoms with Crippen molar-refractivity contribution in [3.8, 4) is 0 Å². The normalized spacial score (nSPS) is 9.67. The molecule has 0 aromatic rings. The van der Waals surface area contributed by atoms with Crippen molar-refractivity contribution in [3.63, 3.8) is 0 Å². The summed E-state index contributed by atoms with van der Waals surface area (Å²) < 4.78 is 34.5. The molecule has 0 aromatic heterocycles. The molecule has 0 aromatic carbocycles. The van der Waals surface area contributed by atoms with Crippen LogP contribution in [-0.2, 0) is 43.0 Å². The van der Waals surface area contributed by atoms with Gasteiger partial charge in [0.05, 0.1) is 0 Å². The van der Waals surface area contributed by atoms with Crippen molar-refractivity contribution in [1.82, 2.24) is 0 Å². The summed E-state index contributed by atoms with van der Waals surface area (Å²) in [6, 6.07) is 0. The summed E-state index contributed by atoms with van der Waals surface area (Å²) in [5, 5.41) is 0. The van der Waals surface area contributed by atoms with Crippen molar-refractivity contribution in [3.05, 3.63) is 0 Å². The SMILES string of the molecule is [O]=[Mo](=[O])([O-])[O-].[Zn+2]. The van der Waals surface area contributed by atoms with Gasteiger partial charge in [0.15, 0.2) is 0 Å². The summed E-state index contributed by atoms with van der Waals surface area (Å²) >= 11 is -6.02. The van der Waals surface area contributed by atoms with Gasteiger partial charge in [0.25, 0.3) is 0 Å². The van der Waals surface area contributed by atoms with Crippen LogP contribution in [0.5, 0.6) is 0 Å². The fourth-order valence-electron chi connectivity index (χ4n) is 0. The van der Waals surface area contributed by atoms with E-state index >= 15 is 0 Å². The van der Waals surface area contributed by atoms with Gasteiger partial charge in [-0.3, -0.25) is 0 Å². The maximum atomic E-state index is 8.63. The van der Waals surface area contributed by atoms with Gasteiger partial charge < -0.3 is 0 Å². The van der Waals surface area contributed by atoms with Crippen LogP contribution in [0.1, 0.15) is 0 Å². The molecular formula is MoO4Zn. The maximum absolute atomic E-state index is 8.63. The third-order valence-corrected chi connectivity index (χ3v) is 0. The Bertz CT molecular complexity index is 90.7. The summed E-state index contributed by atoms with van der Waals surface area (Å²) in [4.78, 5) is 0. The van der Waals surface area contributed by atoms with Crippen molar-refractivity contribution in [2.45, 2.75) is 0 Å². The maximum Gasteiger partial charge on any atom is 2.00 e.